The van der Waals surface area contributed by atoms with E-state index in [0.29, 0.717) is 24.2 Å². The van der Waals surface area contributed by atoms with Crippen LogP contribution in [0.15, 0.2) is 24.3 Å². The summed E-state index contributed by atoms with van der Waals surface area (Å²) in [6, 6.07) is 0. The van der Waals surface area contributed by atoms with Crippen molar-refractivity contribution in [1.29, 1.82) is 0 Å². The number of hydrogen-bond acceptors (Lipinski definition) is 5. The highest BCUT2D eigenvalue weighted by atomic mass is 16.5. The van der Waals surface area contributed by atoms with Gasteiger partial charge in [0.1, 0.15) is 13.2 Å². The summed E-state index contributed by atoms with van der Waals surface area (Å²) in [5.41, 5.74) is 0.751. The molecule has 5 heteroatoms. The topological polar surface area (TPSA) is 64.6 Å². The molecular formula is C12H19NO4. The van der Waals surface area contributed by atoms with Crippen molar-refractivity contribution in [3.05, 3.63) is 24.3 Å². The average Bonchev–Trinajstić information content (AvgIpc) is 2.26. The number of rotatable bonds is 8. The summed E-state index contributed by atoms with van der Waals surface area (Å²) >= 11 is 0. The van der Waals surface area contributed by atoms with Gasteiger partial charge in [-0.2, -0.15) is 0 Å². The summed E-state index contributed by atoms with van der Waals surface area (Å²) in [6.45, 7) is 11.6. The Bertz CT molecular complexity index is 280. The van der Waals surface area contributed by atoms with Crippen molar-refractivity contribution in [3.8, 4) is 0 Å². The first-order chi connectivity index (χ1) is 7.95. The molecule has 0 spiro atoms. The number of esters is 2. The molecule has 0 atom stereocenters. The molecule has 0 aliphatic rings. The second-order valence-corrected chi connectivity index (χ2v) is 3.58. The molecule has 0 bridgehead atoms. The molecule has 0 aliphatic heterocycles. The molecule has 0 aliphatic carbocycles. The predicted molar refractivity (Wildman–Crippen MR) is 64.4 cm³/mol. The van der Waals surface area contributed by atoms with Crippen LogP contribution >= 0.6 is 0 Å². The number of carbonyl (C=O) groups is 2. The maximum atomic E-state index is 11.0. The molecule has 96 valence electrons. The smallest absolute Gasteiger partial charge is 0.333 e. The minimum absolute atomic E-state index is 0.264. The lowest BCUT2D eigenvalue weighted by Crippen LogP contribution is -2.26. The minimum Gasteiger partial charge on any atom is -0.461 e. The summed E-state index contributed by atoms with van der Waals surface area (Å²) in [4.78, 5) is 21.9. The Hall–Kier alpha value is -1.62. The first-order valence-corrected chi connectivity index (χ1v) is 5.31. The third-order valence-electron chi connectivity index (χ3n) is 1.72. The molecule has 0 heterocycles. The Balaban J connectivity index is 3.36. The Morgan fingerprint density at radius 1 is 0.941 bits per heavy atom. The van der Waals surface area contributed by atoms with Crippen molar-refractivity contribution < 1.29 is 19.1 Å². The zero-order chi connectivity index (χ0) is 13.3. The summed E-state index contributed by atoms with van der Waals surface area (Å²) in [6.07, 6.45) is 0. The normalized spacial score (nSPS) is 9.53. The Labute approximate surface area is 101 Å². The third kappa shape index (κ3) is 8.21. The number of nitrogens with one attached hydrogen (secondary N) is 1. The third-order valence-corrected chi connectivity index (χ3v) is 1.72. The zero-order valence-corrected chi connectivity index (χ0v) is 10.4. The fraction of sp³-hybridized carbons (Fsp3) is 0.500. The van der Waals surface area contributed by atoms with Crippen LogP contribution in [0.2, 0.25) is 0 Å². The van der Waals surface area contributed by atoms with Gasteiger partial charge in [0.2, 0.25) is 0 Å². The van der Waals surface area contributed by atoms with Gasteiger partial charge in [-0.25, -0.2) is 9.59 Å². The number of hydrogen-bond donors (Lipinski definition) is 1. The van der Waals surface area contributed by atoms with Crippen molar-refractivity contribution >= 4 is 11.9 Å². The van der Waals surface area contributed by atoms with Gasteiger partial charge >= 0.3 is 11.9 Å². The monoisotopic (exact) mass is 241 g/mol. The van der Waals surface area contributed by atoms with Gasteiger partial charge in [0.25, 0.3) is 0 Å². The highest BCUT2D eigenvalue weighted by molar-refractivity contribution is 5.87. The Kier molecular flexibility index (Phi) is 7.71. The van der Waals surface area contributed by atoms with E-state index < -0.39 is 11.9 Å². The molecule has 0 aromatic rings. The van der Waals surface area contributed by atoms with E-state index in [2.05, 4.69) is 18.5 Å². The van der Waals surface area contributed by atoms with Crippen LogP contribution in [-0.4, -0.2) is 38.2 Å². The van der Waals surface area contributed by atoms with Crippen molar-refractivity contribution in [2.45, 2.75) is 13.8 Å². The molecule has 0 radical (unpaired) electrons. The lowest BCUT2D eigenvalue weighted by molar-refractivity contribution is -0.139. The summed E-state index contributed by atoms with van der Waals surface area (Å²) in [5.74, 6) is -0.805. The van der Waals surface area contributed by atoms with E-state index in [1.54, 1.807) is 13.8 Å². The second kappa shape index (κ2) is 8.52. The zero-order valence-electron chi connectivity index (χ0n) is 10.4. The molecule has 0 amide bonds. The highest BCUT2D eigenvalue weighted by Gasteiger charge is 2.03. The van der Waals surface area contributed by atoms with Crippen LogP contribution in [-0.2, 0) is 19.1 Å². The molecule has 5 nitrogen and oxygen atoms in total. The number of carbonyl (C=O) groups excluding carboxylic acids is 2. The van der Waals surface area contributed by atoms with Crippen LogP contribution in [0.25, 0.3) is 0 Å². The molecule has 0 aromatic heterocycles. The van der Waals surface area contributed by atoms with Gasteiger partial charge in [0.05, 0.1) is 0 Å². The molecule has 0 saturated heterocycles. The van der Waals surface area contributed by atoms with Crippen LogP contribution in [0.3, 0.4) is 0 Å². The predicted octanol–water partition coefficient (Wildman–Crippen LogP) is 0.815. The van der Waals surface area contributed by atoms with Crippen molar-refractivity contribution in [2.75, 3.05) is 26.3 Å². The van der Waals surface area contributed by atoms with Crippen LogP contribution in [0.1, 0.15) is 13.8 Å². The fourth-order valence-corrected chi connectivity index (χ4v) is 0.803. The SMILES string of the molecule is C=C(C)C(=O)OCCNCCOC(=O)C(=C)C. The van der Waals surface area contributed by atoms with E-state index in [1.807, 2.05) is 0 Å². The van der Waals surface area contributed by atoms with E-state index in [9.17, 15) is 9.59 Å². The van der Waals surface area contributed by atoms with Gasteiger partial charge in [-0.1, -0.05) is 13.2 Å². The summed E-state index contributed by atoms with van der Waals surface area (Å²) < 4.78 is 9.69. The van der Waals surface area contributed by atoms with Crippen molar-refractivity contribution in [3.63, 3.8) is 0 Å². The van der Waals surface area contributed by atoms with E-state index in [-0.39, 0.29) is 13.2 Å². The van der Waals surface area contributed by atoms with E-state index >= 15 is 0 Å². The minimum atomic E-state index is -0.402. The van der Waals surface area contributed by atoms with E-state index in [0.717, 1.165) is 0 Å². The van der Waals surface area contributed by atoms with Gasteiger partial charge in [-0.05, 0) is 13.8 Å². The fourth-order valence-electron chi connectivity index (χ4n) is 0.803. The average molecular weight is 241 g/mol. The second-order valence-electron chi connectivity index (χ2n) is 3.58. The Morgan fingerprint density at radius 3 is 1.59 bits per heavy atom. The summed E-state index contributed by atoms with van der Waals surface area (Å²) in [5, 5.41) is 2.96. The molecular weight excluding hydrogens is 222 g/mol. The van der Waals surface area contributed by atoms with Crippen LogP contribution in [0.5, 0.6) is 0 Å². The van der Waals surface area contributed by atoms with Crippen LogP contribution in [0.4, 0.5) is 0 Å². The molecule has 0 saturated carbocycles. The molecule has 0 fully saturated rings. The van der Waals surface area contributed by atoms with Gasteiger partial charge < -0.3 is 14.8 Å². The lowest BCUT2D eigenvalue weighted by Gasteiger charge is -2.07. The van der Waals surface area contributed by atoms with Crippen LogP contribution in [0, 0.1) is 0 Å². The maximum absolute atomic E-state index is 11.0. The van der Waals surface area contributed by atoms with Crippen molar-refractivity contribution in [2.24, 2.45) is 0 Å². The standard InChI is InChI=1S/C12H19NO4/c1-9(2)11(14)16-7-5-13-6-8-17-12(15)10(3)4/h13H,1,3,5-8H2,2,4H3. The largest absolute Gasteiger partial charge is 0.461 e. The first-order valence-electron chi connectivity index (χ1n) is 5.31. The molecule has 0 rings (SSSR count). The van der Waals surface area contributed by atoms with Crippen LogP contribution < -0.4 is 5.32 Å². The van der Waals surface area contributed by atoms with Crippen molar-refractivity contribution in [1.82, 2.24) is 5.32 Å². The summed E-state index contributed by atoms with van der Waals surface area (Å²) in [7, 11) is 0. The van der Waals surface area contributed by atoms with Gasteiger partial charge in [-0.15, -0.1) is 0 Å². The Morgan fingerprint density at radius 2 is 1.29 bits per heavy atom. The quantitative estimate of drug-likeness (QED) is 0.387. The van der Waals surface area contributed by atoms with E-state index in [1.165, 1.54) is 0 Å². The van der Waals surface area contributed by atoms with E-state index in [4.69, 9.17) is 9.47 Å². The van der Waals surface area contributed by atoms with Gasteiger partial charge in [0.15, 0.2) is 0 Å². The van der Waals surface area contributed by atoms with Gasteiger partial charge in [-0.3, -0.25) is 0 Å². The maximum Gasteiger partial charge on any atom is 0.333 e. The highest BCUT2D eigenvalue weighted by Crippen LogP contribution is 1.91. The number of ether oxygens (including phenoxy) is 2. The molecule has 1 N–H and O–H groups in total. The molecule has 0 aromatic carbocycles. The molecule has 17 heavy (non-hydrogen) atoms. The lowest BCUT2D eigenvalue weighted by atomic mass is 10.4. The van der Waals surface area contributed by atoms with Gasteiger partial charge in [0, 0.05) is 24.2 Å². The molecule has 0 unspecified atom stereocenters. The first kappa shape index (κ1) is 15.4.